The number of hydrogen-bond donors (Lipinski definition) is 3. The van der Waals surface area contributed by atoms with Crippen molar-refractivity contribution >= 4 is 11.4 Å². The minimum atomic E-state index is -0.888. The van der Waals surface area contributed by atoms with Gasteiger partial charge in [0.25, 0.3) is 10.9 Å². The molecule has 0 aliphatic carbocycles. The van der Waals surface area contributed by atoms with Crippen molar-refractivity contribution in [3.8, 4) is 5.75 Å². The Bertz CT molecular complexity index is 1260. The van der Waals surface area contributed by atoms with Gasteiger partial charge in [0.1, 0.15) is 11.5 Å². The number of nitrogens with one attached hydrogen (secondary N) is 2. The Morgan fingerprint density at radius 3 is 2.16 bits per heavy atom. The summed E-state index contributed by atoms with van der Waals surface area (Å²) in [5, 5.41) is 16.0. The van der Waals surface area contributed by atoms with Crippen LogP contribution < -0.4 is 21.5 Å². The van der Waals surface area contributed by atoms with E-state index in [2.05, 4.69) is 17.6 Å². The zero-order valence-corrected chi connectivity index (χ0v) is 16.8. The van der Waals surface area contributed by atoms with Crippen LogP contribution in [0.3, 0.4) is 0 Å². The first-order valence-electron chi connectivity index (χ1n) is 9.89. The SMILES string of the molecule is C[C@@H](NC(c1ccc(F)cc1)c1cccc(Nc2c(O)c(=O)c2=O)c1)c1ccccc1. The lowest BCUT2D eigenvalue weighted by molar-refractivity contribution is 0.466. The highest BCUT2D eigenvalue weighted by Gasteiger charge is 2.21. The van der Waals surface area contributed by atoms with Crippen molar-refractivity contribution in [1.29, 1.82) is 0 Å². The summed E-state index contributed by atoms with van der Waals surface area (Å²) < 4.78 is 13.5. The number of halogens is 1. The molecule has 0 saturated carbocycles. The maximum absolute atomic E-state index is 13.5. The molecule has 1 unspecified atom stereocenters. The van der Waals surface area contributed by atoms with Crippen molar-refractivity contribution in [3.63, 3.8) is 0 Å². The van der Waals surface area contributed by atoms with Crippen LogP contribution in [0.2, 0.25) is 0 Å². The molecule has 0 bridgehead atoms. The van der Waals surface area contributed by atoms with Gasteiger partial charge in [-0.3, -0.25) is 14.9 Å². The van der Waals surface area contributed by atoms with Crippen LogP contribution in [0.5, 0.6) is 5.75 Å². The van der Waals surface area contributed by atoms with E-state index >= 15 is 0 Å². The lowest BCUT2D eigenvalue weighted by Gasteiger charge is -2.25. The molecule has 4 rings (SSSR count). The molecule has 4 aromatic carbocycles. The molecule has 0 fully saturated rings. The summed E-state index contributed by atoms with van der Waals surface area (Å²) in [5.74, 6) is -0.870. The average Bonchev–Trinajstić information content (AvgIpc) is 2.81. The van der Waals surface area contributed by atoms with E-state index in [0.29, 0.717) is 5.69 Å². The van der Waals surface area contributed by atoms with E-state index < -0.39 is 16.6 Å². The molecule has 6 heteroatoms. The van der Waals surface area contributed by atoms with Gasteiger partial charge in [-0.05, 0) is 47.9 Å². The van der Waals surface area contributed by atoms with Gasteiger partial charge < -0.3 is 10.4 Å². The van der Waals surface area contributed by atoms with Gasteiger partial charge in [0.2, 0.25) is 0 Å². The van der Waals surface area contributed by atoms with Gasteiger partial charge in [-0.25, -0.2) is 4.39 Å². The second kappa shape index (κ2) is 8.53. The van der Waals surface area contributed by atoms with E-state index in [1.165, 1.54) is 12.1 Å². The molecule has 0 aliphatic heterocycles. The van der Waals surface area contributed by atoms with Gasteiger partial charge >= 0.3 is 0 Å². The zero-order chi connectivity index (χ0) is 22.0. The molecule has 0 heterocycles. The van der Waals surface area contributed by atoms with Crippen LogP contribution >= 0.6 is 0 Å². The molecular formula is C25H21FN2O3. The van der Waals surface area contributed by atoms with Gasteiger partial charge in [-0.15, -0.1) is 0 Å². The highest BCUT2D eigenvalue weighted by Crippen LogP contribution is 2.29. The predicted octanol–water partition coefficient (Wildman–Crippen LogP) is 4.31. The summed E-state index contributed by atoms with van der Waals surface area (Å²) in [7, 11) is 0. The number of hydrogen-bond acceptors (Lipinski definition) is 5. The minimum Gasteiger partial charge on any atom is -0.502 e. The number of anilines is 2. The van der Waals surface area contributed by atoms with Crippen molar-refractivity contribution in [2.45, 2.75) is 19.0 Å². The van der Waals surface area contributed by atoms with E-state index in [1.807, 2.05) is 48.5 Å². The van der Waals surface area contributed by atoms with E-state index in [4.69, 9.17) is 0 Å². The summed E-state index contributed by atoms with van der Waals surface area (Å²) in [6.45, 7) is 2.05. The Kier molecular flexibility index (Phi) is 5.64. The van der Waals surface area contributed by atoms with Crippen LogP contribution in [-0.2, 0) is 0 Å². The third kappa shape index (κ3) is 4.25. The first kappa shape index (κ1) is 20.5. The Morgan fingerprint density at radius 2 is 1.48 bits per heavy atom. The Morgan fingerprint density at radius 1 is 0.806 bits per heavy atom. The number of benzene rings is 3. The topological polar surface area (TPSA) is 78.4 Å². The standard InChI is InChI=1S/C25H21FN2O3/c1-15(16-6-3-2-4-7-16)27-21(17-10-12-19(26)13-11-17)18-8-5-9-20(14-18)28-22-23(29)25(31)24(22)30/h2-15,21,27-29H,1H3/t15-,21?/m1/s1. The average molecular weight is 416 g/mol. The molecule has 4 aromatic rings. The molecule has 31 heavy (non-hydrogen) atoms. The van der Waals surface area contributed by atoms with Crippen LogP contribution in [0.15, 0.2) is 88.5 Å². The third-order valence-electron chi connectivity index (χ3n) is 5.29. The van der Waals surface area contributed by atoms with Crippen LogP contribution in [0.1, 0.15) is 35.7 Å². The Labute approximate surface area is 178 Å². The molecule has 0 saturated heterocycles. The summed E-state index contributed by atoms with van der Waals surface area (Å²) in [6.07, 6.45) is 0. The Hall–Kier alpha value is -3.77. The number of rotatable bonds is 7. The fourth-order valence-electron chi connectivity index (χ4n) is 3.56. The van der Waals surface area contributed by atoms with E-state index in [-0.39, 0.29) is 23.6 Å². The minimum absolute atomic E-state index is 0.00505. The van der Waals surface area contributed by atoms with E-state index in [9.17, 15) is 19.1 Å². The van der Waals surface area contributed by atoms with Crippen molar-refractivity contribution in [2.24, 2.45) is 0 Å². The molecule has 0 amide bonds. The van der Waals surface area contributed by atoms with Crippen molar-refractivity contribution in [1.82, 2.24) is 5.32 Å². The summed E-state index contributed by atoms with van der Waals surface area (Å²) in [5.41, 5.74) is 1.68. The molecule has 2 atom stereocenters. The van der Waals surface area contributed by atoms with Gasteiger partial charge in [0.05, 0.1) is 6.04 Å². The molecule has 5 nitrogen and oxygen atoms in total. The molecule has 0 spiro atoms. The summed E-state index contributed by atoms with van der Waals surface area (Å²) in [4.78, 5) is 22.9. The molecule has 156 valence electrons. The van der Waals surface area contributed by atoms with Gasteiger partial charge in [0, 0.05) is 11.7 Å². The first-order valence-corrected chi connectivity index (χ1v) is 9.89. The molecule has 0 radical (unpaired) electrons. The van der Waals surface area contributed by atoms with Crippen LogP contribution in [0.25, 0.3) is 0 Å². The van der Waals surface area contributed by atoms with E-state index in [0.717, 1.165) is 16.7 Å². The highest BCUT2D eigenvalue weighted by atomic mass is 19.1. The van der Waals surface area contributed by atoms with Gasteiger partial charge in [-0.2, -0.15) is 0 Å². The second-order valence-corrected chi connectivity index (χ2v) is 7.42. The van der Waals surface area contributed by atoms with Gasteiger partial charge in [0.15, 0.2) is 5.75 Å². The largest absolute Gasteiger partial charge is 0.502 e. The maximum atomic E-state index is 13.5. The Balaban J connectivity index is 1.67. The zero-order valence-electron chi connectivity index (χ0n) is 16.8. The van der Waals surface area contributed by atoms with Crippen LogP contribution in [0.4, 0.5) is 15.8 Å². The maximum Gasteiger partial charge on any atom is 0.271 e. The first-order chi connectivity index (χ1) is 14.9. The highest BCUT2D eigenvalue weighted by molar-refractivity contribution is 5.69. The molecule has 3 N–H and O–H groups in total. The summed E-state index contributed by atoms with van der Waals surface area (Å²) in [6, 6.07) is 23.3. The predicted molar refractivity (Wildman–Crippen MR) is 119 cm³/mol. The normalized spacial score (nSPS) is 13.1. The molecular weight excluding hydrogens is 395 g/mol. The van der Waals surface area contributed by atoms with Crippen molar-refractivity contribution in [2.75, 3.05) is 5.32 Å². The fraction of sp³-hybridized carbons (Fsp3) is 0.120. The van der Waals surface area contributed by atoms with Crippen molar-refractivity contribution in [3.05, 3.63) is 122 Å². The van der Waals surface area contributed by atoms with Crippen molar-refractivity contribution < 1.29 is 9.50 Å². The second-order valence-electron chi connectivity index (χ2n) is 7.42. The third-order valence-corrected chi connectivity index (χ3v) is 5.29. The quantitative estimate of drug-likeness (QED) is 0.391. The van der Waals surface area contributed by atoms with Gasteiger partial charge in [-0.1, -0.05) is 54.6 Å². The number of aromatic hydroxyl groups is 1. The monoisotopic (exact) mass is 416 g/mol. The summed E-state index contributed by atoms with van der Waals surface area (Å²) >= 11 is 0. The molecule has 0 aliphatic rings. The van der Waals surface area contributed by atoms with Crippen LogP contribution in [0, 0.1) is 5.82 Å². The fourth-order valence-corrected chi connectivity index (χ4v) is 3.56. The van der Waals surface area contributed by atoms with E-state index in [1.54, 1.807) is 18.2 Å². The van der Waals surface area contributed by atoms with Crippen LogP contribution in [-0.4, -0.2) is 5.11 Å². The lowest BCUT2D eigenvalue weighted by Crippen LogP contribution is -2.32. The molecule has 0 aromatic heterocycles. The lowest BCUT2D eigenvalue weighted by atomic mass is 9.96. The smallest absolute Gasteiger partial charge is 0.271 e.